The van der Waals surface area contributed by atoms with Crippen LogP contribution in [0.1, 0.15) is 44.2 Å². The normalized spacial score (nSPS) is 11.0. The Kier molecular flexibility index (Phi) is 8.37. The van der Waals surface area contributed by atoms with Gasteiger partial charge in [-0.05, 0) is 36.1 Å². The van der Waals surface area contributed by atoms with E-state index in [4.69, 9.17) is 0 Å². The highest BCUT2D eigenvalue weighted by Gasteiger charge is 1.94. The van der Waals surface area contributed by atoms with Crippen molar-refractivity contribution in [3.05, 3.63) is 72.1 Å². The molecule has 1 N–H and O–H groups in total. The molecular weight excluding hydrogens is 284 g/mol. The SMILES string of the molecule is C=C(/C=C\C(=C)NC(C)=O)/N=C/c1ccc(CCCCC)cc1. The zero-order chi connectivity index (χ0) is 17.1. The molecule has 0 unspecified atom stereocenters. The number of nitrogens with one attached hydrogen (secondary N) is 1. The van der Waals surface area contributed by atoms with Gasteiger partial charge in [0.15, 0.2) is 0 Å². The summed E-state index contributed by atoms with van der Waals surface area (Å²) in [4.78, 5) is 15.2. The van der Waals surface area contributed by atoms with Crippen LogP contribution < -0.4 is 5.32 Å². The third-order valence-corrected chi connectivity index (χ3v) is 3.24. The molecule has 0 saturated heterocycles. The van der Waals surface area contributed by atoms with Gasteiger partial charge in [0.05, 0.1) is 5.70 Å². The summed E-state index contributed by atoms with van der Waals surface area (Å²) in [6.45, 7) is 11.2. The highest BCUT2D eigenvalue weighted by atomic mass is 16.1. The van der Waals surface area contributed by atoms with Gasteiger partial charge in [0, 0.05) is 18.8 Å². The van der Waals surface area contributed by atoms with Crippen LogP contribution in [0.15, 0.2) is 66.0 Å². The molecule has 0 atom stereocenters. The second-order valence-electron chi connectivity index (χ2n) is 5.49. The monoisotopic (exact) mass is 310 g/mol. The van der Waals surface area contributed by atoms with E-state index < -0.39 is 0 Å². The van der Waals surface area contributed by atoms with Gasteiger partial charge >= 0.3 is 0 Å². The van der Waals surface area contributed by atoms with Crippen LogP contribution in [0.3, 0.4) is 0 Å². The Balaban J connectivity index is 2.50. The average molecular weight is 310 g/mol. The summed E-state index contributed by atoms with van der Waals surface area (Å²) < 4.78 is 0. The van der Waals surface area contributed by atoms with Gasteiger partial charge in [-0.1, -0.05) is 57.2 Å². The van der Waals surface area contributed by atoms with Gasteiger partial charge in [-0.3, -0.25) is 9.79 Å². The van der Waals surface area contributed by atoms with E-state index >= 15 is 0 Å². The molecule has 0 spiro atoms. The number of carbonyl (C=O) groups excluding carboxylic acids is 1. The standard InChI is InChI=1S/C20H26N2O/c1-5-6-7-8-19-11-13-20(14-12-19)15-21-16(2)9-10-17(3)22-18(4)23/h9-15H,2-3,5-8H2,1,4H3,(H,22,23)/b10-9-,21-15+. The maximum absolute atomic E-state index is 10.9. The third kappa shape index (κ3) is 8.57. The molecule has 3 nitrogen and oxygen atoms in total. The summed E-state index contributed by atoms with van der Waals surface area (Å²) in [6.07, 6.45) is 10.1. The number of unbranched alkanes of at least 4 members (excludes halogenated alkanes) is 2. The zero-order valence-electron chi connectivity index (χ0n) is 14.1. The van der Waals surface area contributed by atoms with Crippen molar-refractivity contribution in [3.8, 4) is 0 Å². The summed E-state index contributed by atoms with van der Waals surface area (Å²) in [5.41, 5.74) is 3.52. The summed E-state index contributed by atoms with van der Waals surface area (Å²) in [5, 5.41) is 2.59. The number of hydrogen-bond donors (Lipinski definition) is 1. The van der Waals surface area contributed by atoms with Crippen molar-refractivity contribution in [3.63, 3.8) is 0 Å². The summed E-state index contributed by atoms with van der Waals surface area (Å²) in [7, 11) is 0. The number of hydrogen-bond acceptors (Lipinski definition) is 2. The van der Waals surface area contributed by atoms with Crippen molar-refractivity contribution >= 4 is 12.1 Å². The molecule has 1 rings (SSSR count). The number of aliphatic imine (C=N–C) groups is 1. The molecule has 1 aromatic carbocycles. The van der Waals surface area contributed by atoms with Crippen LogP contribution in [0.2, 0.25) is 0 Å². The Labute approximate surface area is 139 Å². The predicted molar refractivity (Wildman–Crippen MR) is 98.5 cm³/mol. The Morgan fingerprint density at radius 3 is 2.48 bits per heavy atom. The lowest BCUT2D eigenvalue weighted by Crippen LogP contribution is -2.16. The molecule has 0 radical (unpaired) electrons. The van der Waals surface area contributed by atoms with Crippen LogP contribution >= 0.6 is 0 Å². The number of allylic oxidation sites excluding steroid dienone is 2. The minimum Gasteiger partial charge on any atom is -0.327 e. The Morgan fingerprint density at radius 1 is 1.17 bits per heavy atom. The Bertz CT molecular complexity index is 595. The smallest absolute Gasteiger partial charge is 0.221 e. The number of benzene rings is 1. The fourth-order valence-corrected chi connectivity index (χ4v) is 2.01. The van der Waals surface area contributed by atoms with Crippen LogP contribution in [-0.2, 0) is 11.2 Å². The molecule has 0 fully saturated rings. The second kappa shape index (κ2) is 10.3. The van der Waals surface area contributed by atoms with Gasteiger partial charge in [-0.25, -0.2) is 0 Å². The van der Waals surface area contributed by atoms with Crippen LogP contribution in [-0.4, -0.2) is 12.1 Å². The first-order valence-electron chi connectivity index (χ1n) is 7.97. The number of aryl methyl sites for hydroxylation is 1. The molecule has 0 aliphatic carbocycles. The summed E-state index contributed by atoms with van der Waals surface area (Å²) in [5.74, 6) is -0.146. The Morgan fingerprint density at radius 2 is 1.87 bits per heavy atom. The van der Waals surface area contributed by atoms with Crippen molar-refractivity contribution in [2.24, 2.45) is 4.99 Å². The average Bonchev–Trinajstić information content (AvgIpc) is 2.52. The first-order valence-corrected chi connectivity index (χ1v) is 7.97. The molecule has 0 bridgehead atoms. The van der Waals surface area contributed by atoms with Crippen molar-refractivity contribution in [2.75, 3.05) is 0 Å². The van der Waals surface area contributed by atoms with Gasteiger partial charge in [0.25, 0.3) is 0 Å². The maximum Gasteiger partial charge on any atom is 0.221 e. The molecule has 0 heterocycles. The maximum atomic E-state index is 10.9. The summed E-state index contributed by atoms with van der Waals surface area (Å²) >= 11 is 0. The summed E-state index contributed by atoms with van der Waals surface area (Å²) in [6, 6.07) is 8.43. The van der Waals surface area contributed by atoms with E-state index in [0.29, 0.717) is 11.4 Å². The molecule has 3 heteroatoms. The van der Waals surface area contributed by atoms with Crippen molar-refractivity contribution < 1.29 is 4.79 Å². The van der Waals surface area contributed by atoms with E-state index in [-0.39, 0.29) is 5.91 Å². The van der Waals surface area contributed by atoms with Crippen molar-refractivity contribution in [1.82, 2.24) is 5.32 Å². The van der Waals surface area contributed by atoms with Gasteiger partial charge in [-0.2, -0.15) is 0 Å². The first-order chi connectivity index (χ1) is 11.0. The van der Waals surface area contributed by atoms with Crippen LogP contribution in [0.5, 0.6) is 0 Å². The zero-order valence-corrected chi connectivity index (χ0v) is 14.1. The number of amides is 1. The molecule has 0 saturated carbocycles. The van der Waals surface area contributed by atoms with Gasteiger partial charge in [0.2, 0.25) is 5.91 Å². The van der Waals surface area contributed by atoms with Crippen molar-refractivity contribution in [2.45, 2.75) is 39.5 Å². The number of nitrogens with zero attached hydrogens (tertiary/aromatic N) is 1. The predicted octanol–water partition coefficient (Wildman–Crippen LogP) is 4.56. The molecule has 0 aliphatic rings. The second-order valence-corrected chi connectivity index (χ2v) is 5.49. The lowest BCUT2D eigenvalue weighted by atomic mass is 10.1. The van der Waals surface area contributed by atoms with E-state index in [2.05, 4.69) is 54.7 Å². The topological polar surface area (TPSA) is 41.5 Å². The highest BCUT2D eigenvalue weighted by Crippen LogP contribution is 2.08. The lowest BCUT2D eigenvalue weighted by Gasteiger charge is -2.01. The molecular formula is C20H26N2O. The van der Waals surface area contributed by atoms with E-state index in [1.165, 1.54) is 31.7 Å². The third-order valence-electron chi connectivity index (χ3n) is 3.24. The largest absolute Gasteiger partial charge is 0.327 e. The molecule has 0 aliphatic heterocycles. The van der Waals surface area contributed by atoms with Crippen molar-refractivity contribution in [1.29, 1.82) is 0 Å². The number of rotatable bonds is 9. The first kappa shape index (κ1) is 18.6. The number of carbonyl (C=O) groups is 1. The van der Waals surface area contributed by atoms with E-state index in [0.717, 1.165) is 12.0 Å². The van der Waals surface area contributed by atoms with Gasteiger partial charge in [-0.15, -0.1) is 0 Å². The van der Waals surface area contributed by atoms with Gasteiger partial charge in [0.1, 0.15) is 0 Å². The van der Waals surface area contributed by atoms with Gasteiger partial charge < -0.3 is 5.32 Å². The van der Waals surface area contributed by atoms with E-state index in [1.807, 2.05) is 0 Å². The molecule has 0 aromatic heterocycles. The minimum atomic E-state index is -0.146. The Hall–Kier alpha value is -2.42. The molecule has 1 aromatic rings. The fourth-order valence-electron chi connectivity index (χ4n) is 2.01. The minimum absolute atomic E-state index is 0.146. The lowest BCUT2D eigenvalue weighted by molar-refractivity contribution is -0.118. The van der Waals surface area contributed by atoms with Crippen LogP contribution in [0, 0.1) is 0 Å². The van der Waals surface area contributed by atoms with Crippen LogP contribution in [0.4, 0.5) is 0 Å². The molecule has 1 amide bonds. The van der Waals surface area contributed by atoms with E-state index in [1.54, 1.807) is 18.4 Å². The molecule has 23 heavy (non-hydrogen) atoms. The molecule has 122 valence electrons. The quantitative estimate of drug-likeness (QED) is 0.405. The highest BCUT2D eigenvalue weighted by molar-refractivity contribution is 5.80. The fraction of sp³-hybridized carbons (Fsp3) is 0.300. The van der Waals surface area contributed by atoms with Crippen LogP contribution in [0.25, 0.3) is 0 Å². The van der Waals surface area contributed by atoms with E-state index in [9.17, 15) is 4.79 Å².